The minimum Gasteiger partial charge on any atom is -0.386 e. The SMILES string of the molecule is CCC(CC#N)NCC1(O)CCOC1. The first-order valence-corrected chi connectivity index (χ1v) is 5.10. The van der Waals surface area contributed by atoms with Crippen LogP contribution in [0.3, 0.4) is 0 Å². The molecule has 0 saturated carbocycles. The van der Waals surface area contributed by atoms with Crippen LogP contribution in [-0.2, 0) is 4.74 Å². The molecule has 4 heteroatoms. The van der Waals surface area contributed by atoms with E-state index in [1.165, 1.54) is 0 Å². The number of ether oxygens (including phenoxy) is 1. The maximum absolute atomic E-state index is 9.93. The Hall–Kier alpha value is -0.630. The third-order valence-corrected chi connectivity index (χ3v) is 2.63. The number of rotatable bonds is 5. The topological polar surface area (TPSA) is 65.3 Å². The van der Waals surface area contributed by atoms with Crippen LogP contribution in [-0.4, -0.2) is 36.5 Å². The molecule has 0 radical (unpaired) electrons. The molecular formula is C10H18N2O2. The molecule has 1 fully saturated rings. The Balaban J connectivity index is 2.27. The molecule has 0 aromatic rings. The standard InChI is InChI=1S/C10H18N2O2/c1-2-9(3-5-11)12-7-10(13)4-6-14-8-10/h9,12-13H,2-4,6-8H2,1H3. The number of nitrogens with zero attached hydrogens (tertiary/aromatic N) is 1. The molecule has 0 bridgehead atoms. The molecular weight excluding hydrogens is 180 g/mol. The zero-order valence-electron chi connectivity index (χ0n) is 8.62. The summed E-state index contributed by atoms with van der Waals surface area (Å²) >= 11 is 0. The van der Waals surface area contributed by atoms with Crippen LogP contribution < -0.4 is 5.32 Å². The van der Waals surface area contributed by atoms with Gasteiger partial charge < -0.3 is 15.2 Å². The zero-order valence-corrected chi connectivity index (χ0v) is 8.62. The van der Waals surface area contributed by atoms with Crippen molar-refractivity contribution in [2.75, 3.05) is 19.8 Å². The fourth-order valence-corrected chi connectivity index (χ4v) is 1.54. The fourth-order valence-electron chi connectivity index (χ4n) is 1.54. The average Bonchev–Trinajstić information content (AvgIpc) is 2.60. The Morgan fingerprint density at radius 3 is 3.00 bits per heavy atom. The van der Waals surface area contributed by atoms with E-state index in [0.29, 0.717) is 32.6 Å². The highest BCUT2D eigenvalue weighted by molar-refractivity contribution is 4.88. The van der Waals surface area contributed by atoms with Gasteiger partial charge in [-0.05, 0) is 6.42 Å². The summed E-state index contributed by atoms with van der Waals surface area (Å²) in [6.45, 7) is 3.59. The zero-order chi connectivity index (χ0) is 10.4. The highest BCUT2D eigenvalue weighted by atomic mass is 16.5. The maximum Gasteiger partial charge on any atom is 0.102 e. The molecule has 2 atom stereocenters. The lowest BCUT2D eigenvalue weighted by Crippen LogP contribution is -2.44. The summed E-state index contributed by atoms with van der Waals surface area (Å²) in [6.07, 6.45) is 2.08. The second-order valence-electron chi connectivity index (χ2n) is 3.88. The summed E-state index contributed by atoms with van der Waals surface area (Å²) in [5, 5.41) is 21.7. The van der Waals surface area contributed by atoms with Crippen LogP contribution in [0.25, 0.3) is 0 Å². The number of aliphatic hydroxyl groups is 1. The van der Waals surface area contributed by atoms with E-state index in [4.69, 9.17) is 10.00 Å². The van der Waals surface area contributed by atoms with Gasteiger partial charge in [0.25, 0.3) is 0 Å². The molecule has 1 rings (SSSR count). The van der Waals surface area contributed by atoms with E-state index in [1.54, 1.807) is 0 Å². The Kier molecular flexibility index (Phi) is 4.33. The lowest BCUT2D eigenvalue weighted by Gasteiger charge is -2.23. The van der Waals surface area contributed by atoms with E-state index < -0.39 is 5.60 Å². The lowest BCUT2D eigenvalue weighted by atomic mass is 10.0. The number of hydrogen-bond donors (Lipinski definition) is 2. The summed E-state index contributed by atoms with van der Waals surface area (Å²) < 4.78 is 5.13. The average molecular weight is 198 g/mol. The van der Waals surface area contributed by atoms with Crippen LogP contribution in [0.2, 0.25) is 0 Å². The van der Waals surface area contributed by atoms with Crippen molar-refractivity contribution in [2.24, 2.45) is 0 Å². The van der Waals surface area contributed by atoms with E-state index in [0.717, 1.165) is 6.42 Å². The van der Waals surface area contributed by atoms with Gasteiger partial charge in [0.1, 0.15) is 5.60 Å². The molecule has 1 heterocycles. The first-order chi connectivity index (χ1) is 6.70. The van der Waals surface area contributed by atoms with Crippen molar-refractivity contribution in [3.05, 3.63) is 0 Å². The Morgan fingerprint density at radius 1 is 1.71 bits per heavy atom. The van der Waals surface area contributed by atoms with Crippen LogP contribution in [0, 0.1) is 11.3 Å². The first-order valence-electron chi connectivity index (χ1n) is 5.10. The molecule has 0 aromatic carbocycles. The van der Waals surface area contributed by atoms with Crippen molar-refractivity contribution in [3.63, 3.8) is 0 Å². The van der Waals surface area contributed by atoms with Crippen LogP contribution >= 0.6 is 0 Å². The van der Waals surface area contributed by atoms with Gasteiger partial charge in [-0.1, -0.05) is 6.92 Å². The number of nitrogens with one attached hydrogen (secondary N) is 1. The van der Waals surface area contributed by atoms with E-state index in [1.807, 2.05) is 6.92 Å². The summed E-state index contributed by atoms with van der Waals surface area (Å²) in [5.41, 5.74) is -0.719. The molecule has 2 unspecified atom stereocenters. The Morgan fingerprint density at radius 2 is 2.50 bits per heavy atom. The predicted molar refractivity (Wildman–Crippen MR) is 52.7 cm³/mol. The van der Waals surface area contributed by atoms with E-state index >= 15 is 0 Å². The lowest BCUT2D eigenvalue weighted by molar-refractivity contribution is 0.0248. The van der Waals surface area contributed by atoms with Gasteiger partial charge in [-0.25, -0.2) is 0 Å². The van der Waals surface area contributed by atoms with Gasteiger partial charge in [-0.3, -0.25) is 0 Å². The molecule has 4 nitrogen and oxygen atoms in total. The van der Waals surface area contributed by atoms with Crippen molar-refractivity contribution < 1.29 is 9.84 Å². The van der Waals surface area contributed by atoms with E-state index in [2.05, 4.69) is 11.4 Å². The van der Waals surface area contributed by atoms with E-state index in [-0.39, 0.29) is 6.04 Å². The summed E-state index contributed by atoms with van der Waals surface area (Å²) in [5.74, 6) is 0. The van der Waals surface area contributed by atoms with Gasteiger partial charge in [-0.15, -0.1) is 0 Å². The molecule has 1 aliphatic rings. The van der Waals surface area contributed by atoms with Gasteiger partial charge in [0.05, 0.1) is 19.1 Å². The van der Waals surface area contributed by atoms with Crippen LogP contribution in [0.4, 0.5) is 0 Å². The van der Waals surface area contributed by atoms with Crippen LogP contribution in [0.15, 0.2) is 0 Å². The van der Waals surface area contributed by atoms with Crippen molar-refractivity contribution in [2.45, 2.75) is 37.8 Å². The highest BCUT2D eigenvalue weighted by Crippen LogP contribution is 2.17. The molecule has 0 aliphatic carbocycles. The normalized spacial score (nSPS) is 28.6. The molecule has 1 saturated heterocycles. The van der Waals surface area contributed by atoms with Crippen LogP contribution in [0.5, 0.6) is 0 Å². The number of nitriles is 1. The van der Waals surface area contributed by atoms with Gasteiger partial charge >= 0.3 is 0 Å². The monoisotopic (exact) mass is 198 g/mol. The third-order valence-electron chi connectivity index (χ3n) is 2.63. The quantitative estimate of drug-likeness (QED) is 0.672. The van der Waals surface area contributed by atoms with Gasteiger partial charge in [0.15, 0.2) is 0 Å². The minimum atomic E-state index is -0.719. The molecule has 1 aliphatic heterocycles. The summed E-state index contributed by atoms with van der Waals surface area (Å²) in [4.78, 5) is 0. The van der Waals surface area contributed by atoms with Crippen molar-refractivity contribution in [1.82, 2.24) is 5.32 Å². The van der Waals surface area contributed by atoms with Crippen molar-refractivity contribution in [1.29, 1.82) is 5.26 Å². The smallest absolute Gasteiger partial charge is 0.102 e. The summed E-state index contributed by atoms with van der Waals surface area (Å²) in [7, 11) is 0. The third kappa shape index (κ3) is 3.26. The first kappa shape index (κ1) is 11.4. The second kappa shape index (κ2) is 5.30. The molecule has 2 N–H and O–H groups in total. The van der Waals surface area contributed by atoms with Crippen molar-refractivity contribution in [3.8, 4) is 6.07 Å². The molecule has 0 aromatic heterocycles. The molecule has 0 amide bonds. The number of hydrogen-bond acceptors (Lipinski definition) is 4. The summed E-state index contributed by atoms with van der Waals surface area (Å²) in [6, 6.07) is 2.32. The molecule has 0 spiro atoms. The maximum atomic E-state index is 9.93. The Labute approximate surface area is 84.9 Å². The van der Waals surface area contributed by atoms with Gasteiger partial charge in [0, 0.05) is 25.6 Å². The van der Waals surface area contributed by atoms with Gasteiger partial charge in [0.2, 0.25) is 0 Å². The minimum absolute atomic E-state index is 0.185. The van der Waals surface area contributed by atoms with E-state index in [9.17, 15) is 5.11 Å². The second-order valence-corrected chi connectivity index (χ2v) is 3.88. The molecule has 80 valence electrons. The Bertz CT molecular complexity index is 207. The van der Waals surface area contributed by atoms with Gasteiger partial charge in [-0.2, -0.15) is 5.26 Å². The highest BCUT2D eigenvalue weighted by Gasteiger charge is 2.32. The van der Waals surface area contributed by atoms with Crippen molar-refractivity contribution >= 4 is 0 Å². The predicted octanol–water partition coefficient (Wildman–Crippen LogP) is 0.420. The fraction of sp³-hybridized carbons (Fsp3) is 0.900. The largest absolute Gasteiger partial charge is 0.386 e. The van der Waals surface area contributed by atoms with Crippen LogP contribution in [0.1, 0.15) is 26.2 Å². The molecule has 14 heavy (non-hydrogen) atoms.